The minimum absolute atomic E-state index is 0.0334. The number of hydrogen-bond acceptors (Lipinski definition) is 38. The fraction of sp³-hybridized carbons (Fsp3) is 1.00. The fourth-order valence-corrected chi connectivity index (χ4v) is 44.5. The lowest BCUT2D eigenvalue weighted by Gasteiger charge is -2.59. The first-order valence-electron chi connectivity index (χ1n) is 39.9. The molecule has 0 aliphatic heterocycles. The molecule has 0 spiro atoms. The van der Waals surface area contributed by atoms with Crippen LogP contribution in [0.2, 0.25) is 23.2 Å². The van der Waals surface area contributed by atoms with E-state index in [0.29, 0.717) is 0 Å². The number of hydrogen-bond donors (Lipinski definition) is 0. The summed E-state index contributed by atoms with van der Waals surface area (Å²) in [6.45, 7) is 14.6. The highest BCUT2D eigenvalue weighted by atomic mass is 33.1. The second kappa shape index (κ2) is 72.6. The average molecular weight is 1830 g/mol. The molecule has 0 radical (unpaired) electrons. The molecule has 0 aromatic carbocycles. The molecule has 116 heavy (non-hydrogen) atoms. The third kappa shape index (κ3) is 41.1. The van der Waals surface area contributed by atoms with Crippen LogP contribution in [0.4, 0.5) is 0 Å². The molecular weight excluding hydrogens is 1670 g/mol. The second-order valence-corrected chi connectivity index (χ2v) is 46.8. The molecular formula is C72H158O36S2Si6. The lowest BCUT2D eigenvalue weighted by atomic mass is 9.94. The van der Waals surface area contributed by atoms with Gasteiger partial charge in [0.05, 0.1) is 249 Å². The Labute approximate surface area is 711 Å². The lowest BCUT2D eigenvalue weighted by Crippen LogP contribution is -2.76. The molecule has 698 valence electrons. The summed E-state index contributed by atoms with van der Waals surface area (Å²) in [5, 5.41) is 0. The maximum Gasteiger partial charge on any atom is 0.519 e. The van der Waals surface area contributed by atoms with Gasteiger partial charge < -0.3 is 165 Å². The van der Waals surface area contributed by atoms with Crippen molar-refractivity contribution in [2.45, 2.75) is 86.3 Å². The zero-order valence-electron chi connectivity index (χ0n) is 75.3. The topological polar surface area (TPSA) is 332 Å². The van der Waals surface area contributed by atoms with Gasteiger partial charge >= 0.3 is 52.8 Å². The molecule has 0 aromatic rings. The van der Waals surface area contributed by atoms with Crippen LogP contribution in [0.5, 0.6) is 0 Å². The van der Waals surface area contributed by atoms with Crippen molar-refractivity contribution in [3.63, 3.8) is 0 Å². The van der Waals surface area contributed by atoms with Crippen molar-refractivity contribution in [1.29, 1.82) is 0 Å². The Balaban J connectivity index is 12.7. The first kappa shape index (κ1) is 117. The van der Waals surface area contributed by atoms with Gasteiger partial charge in [0, 0.05) is 140 Å². The normalized spacial score (nSPS) is 15.2. The highest BCUT2D eigenvalue weighted by molar-refractivity contribution is 8.78. The van der Waals surface area contributed by atoms with Crippen LogP contribution < -0.4 is 0 Å². The summed E-state index contributed by atoms with van der Waals surface area (Å²) < 4.78 is 238. The minimum Gasteiger partial charge on any atom is -0.382 e. The Morgan fingerprint density at radius 1 is 0.190 bits per heavy atom. The van der Waals surface area contributed by atoms with Crippen LogP contribution in [0, 0.1) is 23.7 Å². The SMILES string of the molecule is COCCO[Si](CCC(C)C(SSC(C(C)CC[Si](OCCOC)(OCCOC)OCCOC)(C(C(C)C)[Si](OCCOC)(OCCOC)OCCOC)[Si](OCCOC)(OCCOC)OCCOC)(C(C(C)C)[Si](OCCOC)(OCCOC)OCCOC)[Si](OCCOC)(OCCOC)OCCOC)(OCCOC)OCCOC. The van der Waals surface area contributed by atoms with Crippen molar-refractivity contribution in [1.82, 2.24) is 0 Å². The quantitative estimate of drug-likeness (QED) is 0.0352. The van der Waals surface area contributed by atoms with Gasteiger partial charge in [-0.2, -0.15) is 0 Å². The van der Waals surface area contributed by atoms with Gasteiger partial charge in [0.25, 0.3) is 0 Å². The molecule has 6 unspecified atom stereocenters. The number of ether oxygens (including phenoxy) is 18. The Kier molecular flexibility index (Phi) is 72.9. The van der Waals surface area contributed by atoms with Gasteiger partial charge in [0.15, 0.2) is 0 Å². The maximum atomic E-state index is 7.94. The lowest BCUT2D eigenvalue weighted by molar-refractivity contribution is -0.0203. The van der Waals surface area contributed by atoms with Crippen LogP contribution in [-0.2, 0) is 165 Å². The molecule has 36 nitrogen and oxygen atoms in total. The van der Waals surface area contributed by atoms with Gasteiger partial charge in [-0.25, -0.2) is 0 Å². The maximum absolute atomic E-state index is 7.94. The summed E-state index contributed by atoms with van der Waals surface area (Å²) in [6, 6.07) is 0.272. The van der Waals surface area contributed by atoms with Crippen LogP contribution in [0.15, 0.2) is 0 Å². The predicted octanol–water partition coefficient (Wildman–Crippen LogP) is 6.60. The van der Waals surface area contributed by atoms with Crippen molar-refractivity contribution in [3.8, 4) is 0 Å². The summed E-state index contributed by atoms with van der Waals surface area (Å²) in [5.41, 5.74) is -2.09. The predicted molar refractivity (Wildman–Crippen MR) is 450 cm³/mol. The standard InChI is InChI=1S/C72H158O36S2Si6/c1-65(2)69(113(97-51-33-79-13,98-52-34-80-14)99-53-35-81-15)71(115(103-57-39-85-19,104-58-40-86-20)105-59-41-87-21,67(5)25-63-111(91-45-27-73-7,92-46-28-74-8)93-47-29-75-9)109-110-72(116(106-60-42-88-22,107-61-43-89-23)108-62-44-90-24,68(6)26-64-112(94-48-30-76-10,95-49-31-77-11)96-50-32-78-12)70(66(3)4)114(100-54-36-82-16,101-55-37-83-17)102-56-38-84-18/h65-70H,25-64H2,1-24H3. The third-order valence-electron chi connectivity index (χ3n) is 18.2. The molecule has 0 fully saturated rings. The molecule has 0 bridgehead atoms. The Morgan fingerprint density at radius 2 is 0.328 bits per heavy atom. The molecule has 0 rings (SSSR count). The van der Waals surface area contributed by atoms with Crippen LogP contribution in [-0.4, -0.2) is 427 Å². The molecule has 0 saturated carbocycles. The van der Waals surface area contributed by atoms with Crippen LogP contribution >= 0.6 is 21.6 Å². The van der Waals surface area contributed by atoms with Crippen molar-refractivity contribution in [2.24, 2.45) is 23.7 Å². The Bertz CT molecular complexity index is 1890. The fourth-order valence-electron chi connectivity index (χ4n) is 12.9. The summed E-state index contributed by atoms with van der Waals surface area (Å²) >= 11 is 0. The van der Waals surface area contributed by atoms with E-state index in [2.05, 4.69) is 41.5 Å². The number of methoxy groups -OCH3 is 18. The van der Waals surface area contributed by atoms with Gasteiger partial charge in [-0.15, -0.1) is 0 Å². The molecule has 0 aliphatic rings. The van der Waals surface area contributed by atoms with E-state index in [1.807, 2.05) is 0 Å². The van der Waals surface area contributed by atoms with Crippen molar-refractivity contribution >= 4 is 74.4 Å². The van der Waals surface area contributed by atoms with Gasteiger partial charge in [-0.1, -0.05) is 63.1 Å². The molecule has 0 heterocycles. The van der Waals surface area contributed by atoms with Gasteiger partial charge in [-0.05, 0) is 36.5 Å². The Morgan fingerprint density at radius 3 is 0.466 bits per heavy atom. The summed E-state index contributed by atoms with van der Waals surface area (Å²) in [6.07, 6.45) is 0.360. The summed E-state index contributed by atoms with van der Waals surface area (Å²) in [4.78, 5) is 0. The van der Waals surface area contributed by atoms with E-state index < -0.39 is 96.3 Å². The number of rotatable bonds is 91. The molecule has 0 aromatic heterocycles. The largest absolute Gasteiger partial charge is 0.519 e. The van der Waals surface area contributed by atoms with E-state index in [1.165, 1.54) is 21.6 Å². The highest BCUT2D eigenvalue weighted by Gasteiger charge is 2.80. The average Bonchev–Trinajstić information content (AvgIpc) is 0.700. The third-order valence-corrected chi connectivity index (χ3v) is 46.2. The molecule has 0 amide bonds. The van der Waals surface area contributed by atoms with E-state index in [-0.39, 0.29) is 263 Å². The summed E-state index contributed by atoms with van der Waals surface area (Å²) in [7, 11) is 4.15. The molecule has 0 N–H and O–H groups in total. The smallest absolute Gasteiger partial charge is 0.382 e. The monoisotopic (exact) mass is 1830 g/mol. The van der Waals surface area contributed by atoms with Gasteiger partial charge in [0.2, 0.25) is 0 Å². The zero-order chi connectivity index (χ0) is 86.6. The molecule has 44 heteroatoms. The van der Waals surface area contributed by atoms with E-state index in [1.54, 1.807) is 128 Å². The Hall–Kier alpha value is 0.561. The van der Waals surface area contributed by atoms with Crippen LogP contribution in [0.25, 0.3) is 0 Å². The first-order valence-corrected chi connectivity index (χ1v) is 52.9. The van der Waals surface area contributed by atoms with Crippen LogP contribution in [0.1, 0.15) is 54.4 Å². The molecule has 6 atom stereocenters. The highest BCUT2D eigenvalue weighted by Crippen LogP contribution is 2.69. The molecule has 0 aliphatic carbocycles. The van der Waals surface area contributed by atoms with E-state index in [4.69, 9.17) is 165 Å². The van der Waals surface area contributed by atoms with Gasteiger partial charge in [-0.3, -0.25) is 0 Å². The zero-order valence-corrected chi connectivity index (χ0v) is 82.9. The van der Waals surface area contributed by atoms with Crippen molar-refractivity contribution in [2.75, 3.05) is 366 Å². The second-order valence-electron chi connectivity index (χ2n) is 26.9. The first-order chi connectivity index (χ1) is 56.2. The van der Waals surface area contributed by atoms with Crippen LogP contribution in [0.3, 0.4) is 0 Å². The molecule has 0 saturated heterocycles. The van der Waals surface area contributed by atoms with Crippen molar-refractivity contribution < 1.29 is 165 Å². The van der Waals surface area contributed by atoms with Crippen molar-refractivity contribution in [3.05, 3.63) is 0 Å². The van der Waals surface area contributed by atoms with E-state index in [9.17, 15) is 0 Å². The van der Waals surface area contributed by atoms with Gasteiger partial charge in [0.1, 0.15) is 8.74 Å². The van der Waals surface area contributed by atoms with E-state index >= 15 is 0 Å². The summed E-state index contributed by atoms with van der Waals surface area (Å²) in [5.74, 6) is -2.79. The minimum atomic E-state index is -5.05. The van der Waals surface area contributed by atoms with E-state index in [0.717, 1.165) is 0 Å².